The second-order valence-corrected chi connectivity index (χ2v) is 5.58. The first kappa shape index (κ1) is 15.3. The lowest BCUT2D eigenvalue weighted by atomic mass is 9.86. The van der Waals surface area contributed by atoms with E-state index < -0.39 is 5.79 Å². The second kappa shape index (κ2) is 6.55. The van der Waals surface area contributed by atoms with Crippen LogP contribution >= 0.6 is 0 Å². The molecule has 4 heteroatoms. The normalized spacial score (nSPS) is 28.8. The number of methoxy groups -OCH3 is 1. The highest BCUT2D eigenvalue weighted by atomic mass is 16.7. The Balaban J connectivity index is 2.11. The Morgan fingerprint density at radius 3 is 2.75 bits per heavy atom. The number of carbonyl (C=O) groups is 1. The highest BCUT2D eigenvalue weighted by molar-refractivity contribution is 5.69. The summed E-state index contributed by atoms with van der Waals surface area (Å²) in [6, 6.07) is 0. The minimum Gasteiger partial charge on any atom is -0.469 e. The van der Waals surface area contributed by atoms with Gasteiger partial charge in [0, 0.05) is 18.8 Å². The Labute approximate surface area is 120 Å². The first-order chi connectivity index (χ1) is 9.61. The predicted octanol–water partition coefficient (Wildman–Crippen LogP) is 2.84. The lowest BCUT2D eigenvalue weighted by Crippen LogP contribution is -2.37. The van der Waals surface area contributed by atoms with E-state index in [1.165, 1.54) is 7.11 Å². The molecule has 0 unspecified atom stereocenters. The van der Waals surface area contributed by atoms with Gasteiger partial charge in [-0.1, -0.05) is 24.3 Å². The molecule has 112 valence electrons. The van der Waals surface area contributed by atoms with E-state index in [9.17, 15) is 4.79 Å². The molecule has 0 radical (unpaired) electrons. The summed E-state index contributed by atoms with van der Waals surface area (Å²) in [7, 11) is 1.44. The van der Waals surface area contributed by atoms with Gasteiger partial charge in [-0.25, -0.2) is 0 Å². The molecule has 1 saturated carbocycles. The molecule has 2 aliphatic rings. The summed E-state index contributed by atoms with van der Waals surface area (Å²) in [6.45, 7) is 7.09. The van der Waals surface area contributed by atoms with Crippen molar-refractivity contribution in [1.82, 2.24) is 0 Å². The van der Waals surface area contributed by atoms with Crippen molar-refractivity contribution in [3.63, 3.8) is 0 Å². The minimum atomic E-state index is -0.489. The van der Waals surface area contributed by atoms with Crippen molar-refractivity contribution < 1.29 is 19.0 Å². The third-order valence-electron chi connectivity index (χ3n) is 4.45. The second-order valence-electron chi connectivity index (χ2n) is 5.58. The fourth-order valence-corrected chi connectivity index (χ4v) is 3.27. The van der Waals surface area contributed by atoms with Crippen molar-refractivity contribution in [2.45, 2.75) is 38.4 Å². The van der Waals surface area contributed by atoms with Crippen LogP contribution < -0.4 is 0 Å². The van der Waals surface area contributed by atoms with Crippen LogP contribution in [0.3, 0.4) is 0 Å². The Morgan fingerprint density at radius 2 is 2.15 bits per heavy atom. The summed E-state index contributed by atoms with van der Waals surface area (Å²) in [4.78, 5) is 11.6. The Kier molecular flexibility index (Phi) is 5.00. The SMILES string of the molecule is C=C/C(C)=C/C[C@@H]1[C@@H](CC(=O)OC)CCC12OCCO2. The summed E-state index contributed by atoms with van der Waals surface area (Å²) in [5, 5.41) is 0. The van der Waals surface area contributed by atoms with E-state index in [0.29, 0.717) is 19.6 Å². The number of esters is 1. The zero-order chi connectivity index (χ0) is 14.6. The van der Waals surface area contributed by atoms with Gasteiger partial charge >= 0.3 is 5.97 Å². The van der Waals surface area contributed by atoms with Crippen molar-refractivity contribution in [3.8, 4) is 0 Å². The number of hydrogen-bond acceptors (Lipinski definition) is 4. The maximum Gasteiger partial charge on any atom is 0.305 e. The number of hydrogen-bond donors (Lipinski definition) is 0. The quantitative estimate of drug-likeness (QED) is 0.574. The van der Waals surface area contributed by atoms with Crippen LogP contribution in [0, 0.1) is 11.8 Å². The predicted molar refractivity (Wildman–Crippen MR) is 76.1 cm³/mol. The summed E-state index contributed by atoms with van der Waals surface area (Å²) < 4.78 is 16.6. The van der Waals surface area contributed by atoms with E-state index >= 15 is 0 Å². The van der Waals surface area contributed by atoms with Crippen LogP contribution in [0.5, 0.6) is 0 Å². The van der Waals surface area contributed by atoms with E-state index in [4.69, 9.17) is 14.2 Å². The van der Waals surface area contributed by atoms with Gasteiger partial charge in [0.15, 0.2) is 5.79 Å². The number of ether oxygens (including phenoxy) is 3. The summed E-state index contributed by atoms with van der Waals surface area (Å²) in [5.74, 6) is -0.177. The Hall–Kier alpha value is -1.13. The molecule has 0 aromatic rings. The largest absolute Gasteiger partial charge is 0.469 e. The van der Waals surface area contributed by atoms with Crippen molar-refractivity contribution >= 4 is 5.97 Å². The summed E-state index contributed by atoms with van der Waals surface area (Å²) >= 11 is 0. The molecule has 2 fully saturated rings. The van der Waals surface area contributed by atoms with E-state index in [1.807, 2.05) is 13.0 Å². The number of allylic oxidation sites excluding steroid dienone is 3. The molecule has 0 aromatic carbocycles. The number of carbonyl (C=O) groups excluding carboxylic acids is 1. The molecule has 1 aliphatic carbocycles. The fraction of sp³-hybridized carbons (Fsp3) is 0.688. The van der Waals surface area contributed by atoms with Crippen LogP contribution in [0.4, 0.5) is 0 Å². The zero-order valence-corrected chi connectivity index (χ0v) is 12.4. The highest BCUT2D eigenvalue weighted by Crippen LogP contribution is 2.49. The molecule has 1 aliphatic heterocycles. The van der Waals surface area contributed by atoms with Gasteiger partial charge in [0.2, 0.25) is 0 Å². The standard InChI is InChI=1S/C16H24O4/c1-4-12(2)5-6-14-13(11-15(17)18-3)7-8-16(14)19-9-10-20-16/h4-5,13-14H,1,6-11H2,2-3H3/b12-5+/t13-,14-/m1/s1. The molecule has 2 rings (SSSR count). The maximum absolute atomic E-state index is 11.6. The molecule has 4 nitrogen and oxygen atoms in total. The minimum absolute atomic E-state index is 0.153. The van der Waals surface area contributed by atoms with Gasteiger partial charge in [-0.2, -0.15) is 0 Å². The van der Waals surface area contributed by atoms with E-state index in [1.54, 1.807) is 0 Å². The molecule has 1 spiro atoms. The summed E-state index contributed by atoms with van der Waals surface area (Å²) in [5.41, 5.74) is 1.14. The van der Waals surface area contributed by atoms with Gasteiger partial charge in [0.05, 0.1) is 20.3 Å². The third kappa shape index (κ3) is 3.13. The number of rotatable bonds is 5. The lowest BCUT2D eigenvalue weighted by molar-refractivity contribution is -0.186. The molecule has 1 heterocycles. The molecule has 20 heavy (non-hydrogen) atoms. The molecule has 1 saturated heterocycles. The van der Waals surface area contributed by atoms with Crippen molar-refractivity contribution in [3.05, 3.63) is 24.3 Å². The van der Waals surface area contributed by atoms with Gasteiger partial charge in [-0.3, -0.25) is 4.79 Å². The molecule has 0 N–H and O–H groups in total. The van der Waals surface area contributed by atoms with Crippen LogP contribution in [0.25, 0.3) is 0 Å². The smallest absolute Gasteiger partial charge is 0.305 e. The highest BCUT2D eigenvalue weighted by Gasteiger charge is 2.52. The van der Waals surface area contributed by atoms with Gasteiger partial charge < -0.3 is 14.2 Å². The van der Waals surface area contributed by atoms with Gasteiger partial charge in [-0.05, 0) is 25.7 Å². The van der Waals surface area contributed by atoms with Crippen molar-refractivity contribution in [2.24, 2.45) is 11.8 Å². The molecule has 0 aromatic heterocycles. The Morgan fingerprint density at radius 1 is 1.45 bits per heavy atom. The van der Waals surface area contributed by atoms with E-state index in [-0.39, 0.29) is 17.8 Å². The van der Waals surface area contributed by atoms with Gasteiger partial charge in [-0.15, -0.1) is 0 Å². The molecule has 2 atom stereocenters. The summed E-state index contributed by atoms with van der Waals surface area (Å²) in [6.07, 6.45) is 7.09. The van der Waals surface area contributed by atoms with Crippen LogP contribution in [-0.2, 0) is 19.0 Å². The first-order valence-corrected chi connectivity index (χ1v) is 7.25. The van der Waals surface area contributed by atoms with E-state index in [0.717, 1.165) is 24.8 Å². The Bertz CT molecular complexity index is 393. The molecular formula is C16H24O4. The van der Waals surface area contributed by atoms with Gasteiger partial charge in [0.25, 0.3) is 0 Å². The van der Waals surface area contributed by atoms with E-state index in [2.05, 4.69) is 12.7 Å². The van der Waals surface area contributed by atoms with Crippen molar-refractivity contribution in [2.75, 3.05) is 20.3 Å². The first-order valence-electron chi connectivity index (χ1n) is 7.25. The van der Waals surface area contributed by atoms with Crippen LogP contribution in [0.15, 0.2) is 24.3 Å². The zero-order valence-electron chi connectivity index (χ0n) is 12.4. The van der Waals surface area contributed by atoms with Crippen LogP contribution in [-0.4, -0.2) is 32.1 Å². The van der Waals surface area contributed by atoms with Crippen LogP contribution in [0.2, 0.25) is 0 Å². The average Bonchev–Trinajstić information content (AvgIpc) is 3.05. The monoisotopic (exact) mass is 280 g/mol. The molecule has 0 amide bonds. The topological polar surface area (TPSA) is 44.8 Å². The average molecular weight is 280 g/mol. The molecule has 0 bridgehead atoms. The fourth-order valence-electron chi connectivity index (χ4n) is 3.27. The maximum atomic E-state index is 11.6. The van der Waals surface area contributed by atoms with Crippen LogP contribution in [0.1, 0.15) is 32.6 Å². The molecular weight excluding hydrogens is 256 g/mol. The lowest BCUT2D eigenvalue weighted by Gasteiger charge is -2.31. The van der Waals surface area contributed by atoms with Crippen molar-refractivity contribution in [1.29, 1.82) is 0 Å². The third-order valence-corrected chi connectivity index (χ3v) is 4.45. The van der Waals surface area contributed by atoms with Gasteiger partial charge in [0.1, 0.15) is 0 Å².